The molecule has 0 bridgehead atoms. The molecule has 0 aliphatic heterocycles. The second-order valence-corrected chi connectivity index (χ2v) is 7.22. The number of benzene rings is 2. The second kappa shape index (κ2) is 8.03. The van der Waals surface area contributed by atoms with E-state index in [0.717, 1.165) is 28.1 Å². The van der Waals surface area contributed by atoms with Crippen LogP contribution in [0.25, 0.3) is 0 Å². The minimum absolute atomic E-state index is 0.0268. The highest BCUT2D eigenvalue weighted by Gasteiger charge is 2.44. The van der Waals surface area contributed by atoms with E-state index in [9.17, 15) is 4.79 Å². The van der Waals surface area contributed by atoms with Gasteiger partial charge in [-0.3, -0.25) is 4.79 Å². The summed E-state index contributed by atoms with van der Waals surface area (Å²) >= 11 is 6.24. The van der Waals surface area contributed by atoms with Crippen LogP contribution < -0.4 is 5.32 Å². The first-order valence-corrected chi connectivity index (χ1v) is 9.14. The summed E-state index contributed by atoms with van der Waals surface area (Å²) < 4.78 is 5.70. The Kier molecular flexibility index (Phi) is 5.77. The molecule has 0 spiro atoms. The zero-order valence-corrected chi connectivity index (χ0v) is 15.4. The summed E-state index contributed by atoms with van der Waals surface area (Å²) in [5.74, 6) is 0.372. The molecular weight excluding hydrogens is 334 g/mol. The Bertz CT molecular complexity index is 744. The molecular formula is C21H24ClNO2. The van der Waals surface area contributed by atoms with E-state index in [1.54, 1.807) is 0 Å². The predicted octanol–water partition coefficient (Wildman–Crippen LogP) is 4.68. The summed E-state index contributed by atoms with van der Waals surface area (Å²) in [6.45, 7) is 5.14. The first-order valence-electron chi connectivity index (χ1n) is 8.76. The fraction of sp³-hybridized carbons (Fsp3) is 0.381. The molecule has 1 amide bonds. The number of rotatable bonds is 7. The summed E-state index contributed by atoms with van der Waals surface area (Å²) in [6, 6.07) is 15.9. The van der Waals surface area contributed by atoms with Crippen molar-refractivity contribution in [1.82, 2.24) is 5.32 Å². The van der Waals surface area contributed by atoms with Crippen LogP contribution in [0.4, 0.5) is 0 Å². The summed E-state index contributed by atoms with van der Waals surface area (Å²) in [5.41, 5.74) is 3.30. The molecule has 3 rings (SSSR count). The lowest BCUT2D eigenvalue weighted by molar-refractivity contribution is -0.122. The van der Waals surface area contributed by atoms with E-state index in [-0.39, 0.29) is 23.8 Å². The monoisotopic (exact) mass is 357 g/mol. The lowest BCUT2D eigenvalue weighted by Crippen LogP contribution is -2.25. The zero-order chi connectivity index (χ0) is 17.8. The van der Waals surface area contributed by atoms with E-state index in [0.29, 0.717) is 13.2 Å². The summed E-state index contributed by atoms with van der Waals surface area (Å²) in [4.78, 5) is 12.5. The van der Waals surface area contributed by atoms with Crippen LogP contribution in [-0.2, 0) is 22.7 Å². The number of carbonyl (C=O) groups excluding carboxylic acids is 1. The Hall–Kier alpha value is -1.84. The van der Waals surface area contributed by atoms with Gasteiger partial charge in [0.1, 0.15) is 0 Å². The van der Waals surface area contributed by atoms with Gasteiger partial charge < -0.3 is 10.1 Å². The molecule has 1 N–H and O–H groups in total. The molecule has 25 heavy (non-hydrogen) atoms. The number of carbonyl (C=O) groups is 1. The van der Waals surface area contributed by atoms with Crippen LogP contribution in [0.3, 0.4) is 0 Å². The maximum atomic E-state index is 12.5. The van der Waals surface area contributed by atoms with E-state index >= 15 is 0 Å². The molecule has 0 radical (unpaired) electrons. The van der Waals surface area contributed by atoms with Crippen molar-refractivity contribution in [2.45, 2.75) is 45.4 Å². The Balaban J connectivity index is 1.56. The number of ether oxygens (including phenoxy) is 1. The lowest BCUT2D eigenvalue weighted by Gasteiger charge is -2.13. The van der Waals surface area contributed by atoms with Gasteiger partial charge in [0.25, 0.3) is 0 Å². The highest BCUT2D eigenvalue weighted by atomic mass is 35.5. The average Bonchev–Trinajstić information content (AvgIpc) is 3.39. The van der Waals surface area contributed by atoms with Crippen molar-refractivity contribution in [3.8, 4) is 0 Å². The van der Waals surface area contributed by atoms with E-state index in [1.807, 2.05) is 62.4 Å². The standard InChI is InChI=1S/C21H24ClNO2/c1-14(2)25-13-16-8-4-3-7-15(16)12-23-21(24)19-11-18(19)17-9-5-6-10-20(17)22/h3-10,14,18-19H,11-13H2,1-2H3,(H,23,24). The minimum Gasteiger partial charge on any atom is -0.374 e. The molecule has 1 fully saturated rings. The van der Waals surface area contributed by atoms with Crippen LogP contribution in [0, 0.1) is 5.92 Å². The molecule has 2 unspecified atom stereocenters. The Labute approximate surface area is 154 Å². The van der Waals surface area contributed by atoms with Crippen LogP contribution in [0.5, 0.6) is 0 Å². The van der Waals surface area contributed by atoms with Crippen molar-refractivity contribution in [3.63, 3.8) is 0 Å². The normalized spacial score (nSPS) is 19.0. The molecule has 2 atom stereocenters. The largest absolute Gasteiger partial charge is 0.374 e. The number of nitrogens with one attached hydrogen (secondary N) is 1. The molecule has 1 saturated carbocycles. The van der Waals surface area contributed by atoms with Gasteiger partial charge in [-0.05, 0) is 48.9 Å². The van der Waals surface area contributed by atoms with Gasteiger partial charge in [-0.1, -0.05) is 54.1 Å². The molecule has 0 heterocycles. The van der Waals surface area contributed by atoms with Gasteiger partial charge in [0.05, 0.1) is 12.7 Å². The second-order valence-electron chi connectivity index (χ2n) is 6.82. The van der Waals surface area contributed by atoms with Crippen molar-refractivity contribution in [2.24, 2.45) is 5.92 Å². The predicted molar refractivity (Wildman–Crippen MR) is 101 cm³/mol. The number of hydrogen-bond donors (Lipinski definition) is 1. The van der Waals surface area contributed by atoms with Crippen LogP contribution >= 0.6 is 11.6 Å². The van der Waals surface area contributed by atoms with E-state index in [1.165, 1.54) is 0 Å². The summed E-state index contributed by atoms with van der Waals surface area (Å²) in [5, 5.41) is 3.82. The molecule has 2 aromatic rings. The molecule has 2 aromatic carbocycles. The van der Waals surface area contributed by atoms with Crippen LogP contribution in [0.15, 0.2) is 48.5 Å². The first kappa shape index (κ1) is 18.0. The van der Waals surface area contributed by atoms with Gasteiger partial charge in [0.15, 0.2) is 0 Å². The average molecular weight is 358 g/mol. The smallest absolute Gasteiger partial charge is 0.224 e. The van der Waals surface area contributed by atoms with Gasteiger partial charge in [-0.15, -0.1) is 0 Å². The third-order valence-electron chi connectivity index (χ3n) is 4.58. The maximum absolute atomic E-state index is 12.5. The van der Waals surface area contributed by atoms with Gasteiger partial charge >= 0.3 is 0 Å². The fourth-order valence-electron chi connectivity index (χ4n) is 3.04. The minimum atomic E-state index is 0.0268. The third-order valence-corrected chi connectivity index (χ3v) is 4.92. The molecule has 132 valence electrons. The molecule has 0 saturated heterocycles. The Morgan fingerprint density at radius 3 is 2.56 bits per heavy atom. The third kappa shape index (κ3) is 4.62. The topological polar surface area (TPSA) is 38.3 Å². The van der Waals surface area contributed by atoms with Crippen LogP contribution in [0.1, 0.15) is 42.9 Å². The van der Waals surface area contributed by atoms with Crippen LogP contribution in [0.2, 0.25) is 5.02 Å². The van der Waals surface area contributed by atoms with Crippen LogP contribution in [-0.4, -0.2) is 12.0 Å². The van der Waals surface area contributed by atoms with Gasteiger partial charge in [0, 0.05) is 17.5 Å². The molecule has 1 aliphatic rings. The van der Waals surface area contributed by atoms with E-state index in [4.69, 9.17) is 16.3 Å². The van der Waals surface area contributed by atoms with Crippen molar-refractivity contribution in [1.29, 1.82) is 0 Å². The molecule has 3 nitrogen and oxygen atoms in total. The zero-order valence-electron chi connectivity index (χ0n) is 14.7. The number of hydrogen-bond acceptors (Lipinski definition) is 2. The lowest BCUT2D eigenvalue weighted by atomic mass is 10.1. The first-order chi connectivity index (χ1) is 12.1. The quantitative estimate of drug-likeness (QED) is 0.781. The van der Waals surface area contributed by atoms with Gasteiger partial charge in [-0.25, -0.2) is 0 Å². The van der Waals surface area contributed by atoms with E-state index in [2.05, 4.69) is 5.32 Å². The molecule has 1 aliphatic carbocycles. The molecule has 4 heteroatoms. The maximum Gasteiger partial charge on any atom is 0.224 e. The fourth-order valence-corrected chi connectivity index (χ4v) is 3.32. The van der Waals surface area contributed by atoms with Crippen molar-refractivity contribution >= 4 is 17.5 Å². The number of amides is 1. The summed E-state index contributed by atoms with van der Waals surface area (Å²) in [7, 11) is 0. The number of halogens is 1. The highest BCUT2D eigenvalue weighted by molar-refractivity contribution is 6.31. The van der Waals surface area contributed by atoms with Crippen molar-refractivity contribution in [2.75, 3.05) is 0 Å². The highest BCUT2D eigenvalue weighted by Crippen LogP contribution is 2.49. The summed E-state index contributed by atoms with van der Waals surface area (Å²) in [6.07, 6.45) is 1.05. The van der Waals surface area contributed by atoms with Crippen molar-refractivity contribution in [3.05, 3.63) is 70.2 Å². The SMILES string of the molecule is CC(C)OCc1ccccc1CNC(=O)C1CC1c1ccccc1Cl. The Morgan fingerprint density at radius 1 is 1.16 bits per heavy atom. The molecule has 0 aromatic heterocycles. The van der Waals surface area contributed by atoms with Crippen molar-refractivity contribution < 1.29 is 9.53 Å². The van der Waals surface area contributed by atoms with Gasteiger partial charge in [0.2, 0.25) is 5.91 Å². The Morgan fingerprint density at radius 2 is 1.84 bits per heavy atom. The van der Waals surface area contributed by atoms with Gasteiger partial charge in [-0.2, -0.15) is 0 Å². The van der Waals surface area contributed by atoms with E-state index < -0.39 is 0 Å².